The van der Waals surface area contributed by atoms with Gasteiger partial charge in [0.15, 0.2) is 5.75 Å². The number of hydrogen-bond donors (Lipinski definition) is 1. The molecule has 138 valence electrons. The third kappa shape index (κ3) is 6.54. The van der Waals surface area contributed by atoms with Crippen LogP contribution in [-0.4, -0.2) is 35.7 Å². The summed E-state index contributed by atoms with van der Waals surface area (Å²) in [5.41, 5.74) is -0.543. The topological polar surface area (TPSA) is 117 Å². The van der Waals surface area contributed by atoms with Gasteiger partial charge in [-0.2, -0.15) is 0 Å². The molecule has 0 aliphatic rings. The van der Waals surface area contributed by atoms with E-state index in [0.717, 1.165) is 0 Å². The lowest BCUT2D eigenvalue weighted by Crippen LogP contribution is -2.45. The van der Waals surface area contributed by atoms with Crippen molar-refractivity contribution in [1.29, 1.82) is 0 Å². The molecule has 0 saturated heterocycles. The lowest BCUT2D eigenvalue weighted by molar-refractivity contribution is -0.385. The Morgan fingerprint density at radius 1 is 1.36 bits per heavy atom. The molecule has 25 heavy (non-hydrogen) atoms. The second-order valence-electron chi connectivity index (χ2n) is 6.10. The molecule has 1 unspecified atom stereocenters. The number of nitrogens with zero attached hydrogens (tertiary/aromatic N) is 1. The minimum absolute atomic E-state index is 0.0100. The first-order chi connectivity index (χ1) is 11.6. The number of nitrogens with one attached hydrogen (secondary N) is 1. The second-order valence-corrected chi connectivity index (χ2v) is 6.34. The summed E-state index contributed by atoms with van der Waals surface area (Å²) in [5, 5.41) is 13.5. The quantitative estimate of drug-likeness (QED) is 0.352. The Morgan fingerprint density at radius 3 is 2.48 bits per heavy atom. The van der Waals surface area contributed by atoms with Gasteiger partial charge in [0.05, 0.1) is 21.5 Å². The Labute approximate surface area is 147 Å². The summed E-state index contributed by atoms with van der Waals surface area (Å²) in [5.74, 6) is -0.631. The van der Waals surface area contributed by atoms with E-state index in [9.17, 15) is 19.7 Å². The number of rotatable bonds is 6. The average Bonchev–Trinajstić information content (AvgIpc) is 2.51. The van der Waals surface area contributed by atoms with Crippen LogP contribution in [0.3, 0.4) is 0 Å². The summed E-state index contributed by atoms with van der Waals surface area (Å²) in [4.78, 5) is 34.3. The first-order valence-electron chi connectivity index (χ1n) is 7.28. The van der Waals surface area contributed by atoms with Crippen molar-refractivity contribution < 1.29 is 28.5 Å². The van der Waals surface area contributed by atoms with Crippen molar-refractivity contribution in [3.63, 3.8) is 0 Å². The van der Waals surface area contributed by atoms with Crippen LogP contribution in [0.25, 0.3) is 0 Å². The summed E-state index contributed by atoms with van der Waals surface area (Å²) < 4.78 is 14.6. The summed E-state index contributed by atoms with van der Waals surface area (Å²) >= 11 is 0. The fourth-order valence-electron chi connectivity index (χ4n) is 1.95. The van der Waals surface area contributed by atoms with Crippen LogP contribution in [0, 0.1) is 10.1 Å². The normalized spacial score (nSPS) is 12.0. The highest BCUT2D eigenvalue weighted by Crippen LogP contribution is 2.29. The molecule has 1 rings (SSSR count). The largest absolute Gasteiger partial charge is 0.473 e. The van der Waals surface area contributed by atoms with E-state index in [1.807, 2.05) is 9.47 Å². The smallest absolute Gasteiger partial charge is 0.408 e. The Balaban J connectivity index is 2.99. The number of nitro groups is 1. The Hall–Kier alpha value is -2.41. The van der Waals surface area contributed by atoms with E-state index in [1.54, 1.807) is 26.8 Å². The number of hydrogen-bond acceptors (Lipinski definition) is 7. The van der Waals surface area contributed by atoms with E-state index in [2.05, 4.69) is 10.1 Å². The maximum absolute atomic E-state index is 11.9. The van der Waals surface area contributed by atoms with E-state index in [-0.39, 0.29) is 17.9 Å². The molecular formula is C15H21N2O7P. The first kappa shape index (κ1) is 20.6. The molecule has 0 fully saturated rings. The fourth-order valence-corrected chi connectivity index (χ4v) is 2.15. The fraction of sp³-hybridized carbons (Fsp3) is 0.467. The molecule has 0 aromatic heterocycles. The van der Waals surface area contributed by atoms with Gasteiger partial charge in [-0.15, -0.1) is 0 Å². The standard InChI is InChI=1S/C15H21N2O7P/c1-15(2,3)23-14(19)16-10(13(18)22-4)7-9-5-6-12(24-25)11(8-9)17(20)21/h5-6,8,10H,7,25H2,1-4H3,(H,16,19)/t10-/m0/s1. The van der Waals surface area contributed by atoms with Crippen LogP contribution in [0.1, 0.15) is 26.3 Å². The lowest BCUT2D eigenvalue weighted by Gasteiger charge is -2.22. The predicted octanol–water partition coefficient (Wildman–Crippen LogP) is 2.37. The number of ether oxygens (including phenoxy) is 2. The van der Waals surface area contributed by atoms with Gasteiger partial charge in [-0.05, 0) is 32.4 Å². The maximum atomic E-state index is 11.9. The van der Waals surface area contributed by atoms with Crippen LogP contribution in [0.2, 0.25) is 0 Å². The number of nitro benzene ring substituents is 1. The van der Waals surface area contributed by atoms with Gasteiger partial charge in [0.1, 0.15) is 11.6 Å². The molecule has 1 N–H and O–H groups in total. The van der Waals surface area contributed by atoms with E-state index < -0.39 is 28.6 Å². The maximum Gasteiger partial charge on any atom is 0.408 e. The molecule has 0 bridgehead atoms. The van der Waals surface area contributed by atoms with Crippen LogP contribution >= 0.6 is 9.47 Å². The SMILES string of the molecule is COC(=O)[C@H](Cc1ccc(OP)c([N+](=O)[O-])c1)NC(=O)OC(C)(C)C. The van der Waals surface area contributed by atoms with Crippen LogP contribution in [-0.2, 0) is 20.7 Å². The number of methoxy groups -OCH3 is 1. The van der Waals surface area contributed by atoms with Crippen molar-refractivity contribution in [3.05, 3.63) is 33.9 Å². The highest BCUT2D eigenvalue weighted by molar-refractivity contribution is 7.10. The monoisotopic (exact) mass is 372 g/mol. The van der Waals surface area contributed by atoms with Crippen molar-refractivity contribution in [2.75, 3.05) is 7.11 Å². The van der Waals surface area contributed by atoms with Crippen molar-refractivity contribution in [1.82, 2.24) is 5.32 Å². The highest BCUT2D eigenvalue weighted by atomic mass is 31.0. The van der Waals surface area contributed by atoms with E-state index in [0.29, 0.717) is 5.56 Å². The Kier molecular flexibility index (Phi) is 7.11. The van der Waals surface area contributed by atoms with Crippen LogP contribution in [0.15, 0.2) is 18.2 Å². The van der Waals surface area contributed by atoms with Gasteiger partial charge >= 0.3 is 17.7 Å². The Bertz CT molecular complexity index is 658. The van der Waals surface area contributed by atoms with Crippen molar-refractivity contribution >= 4 is 27.2 Å². The molecule has 10 heteroatoms. The second kappa shape index (κ2) is 8.62. The van der Waals surface area contributed by atoms with Gasteiger partial charge in [-0.3, -0.25) is 10.1 Å². The number of alkyl carbamates (subject to hydrolysis) is 1. The minimum Gasteiger partial charge on any atom is -0.473 e. The molecule has 0 heterocycles. The van der Waals surface area contributed by atoms with E-state index >= 15 is 0 Å². The zero-order valence-corrected chi connectivity index (χ0v) is 15.6. The lowest BCUT2D eigenvalue weighted by atomic mass is 10.0. The molecule has 0 aliphatic heterocycles. The van der Waals surface area contributed by atoms with Crippen molar-refractivity contribution in [2.24, 2.45) is 0 Å². The Morgan fingerprint density at radius 2 is 2.00 bits per heavy atom. The average molecular weight is 372 g/mol. The molecule has 0 radical (unpaired) electrons. The van der Waals surface area contributed by atoms with Gasteiger partial charge in [0, 0.05) is 12.5 Å². The molecule has 9 nitrogen and oxygen atoms in total. The van der Waals surface area contributed by atoms with Gasteiger partial charge in [-0.1, -0.05) is 6.07 Å². The zero-order chi connectivity index (χ0) is 19.2. The molecular weight excluding hydrogens is 351 g/mol. The molecule has 0 saturated carbocycles. The number of carbonyl (C=O) groups is 2. The molecule has 0 aliphatic carbocycles. The molecule has 1 aromatic carbocycles. The molecule has 2 atom stereocenters. The summed E-state index contributed by atoms with van der Waals surface area (Å²) in [6.07, 6.45) is -0.800. The van der Waals surface area contributed by atoms with Gasteiger partial charge < -0.3 is 19.3 Å². The van der Waals surface area contributed by atoms with Gasteiger partial charge in [0.25, 0.3) is 0 Å². The zero-order valence-electron chi connectivity index (χ0n) is 14.4. The minimum atomic E-state index is -1.05. The van der Waals surface area contributed by atoms with Crippen molar-refractivity contribution in [3.8, 4) is 5.75 Å². The van der Waals surface area contributed by atoms with Crippen LogP contribution in [0.4, 0.5) is 10.5 Å². The molecule has 1 aromatic rings. The number of benzene rings is 1. The molecule has 1 amide bonds. The van der Waals surface area contributed by atoms with E-state index in [4.69, 9.17) is 9.26 Å². The third-order valence-corrected chi connectivity index (χ3v) is 3.22. The van der Waals surface area contributed by atoms with Crippen molar-refractivity contribution in [2.45, 2.75) is 38.8 Å². The highest BCUT2D eigenvalue weighted by Gasteiger charge is 2.26. The summed E-state index contributed by atoms with van der Waals surface area (Å²) in [7, 11) is 3.11. The predicted molar refractivity (Wildman–Crippen MR) is 92.3 cm³/mol. The number of carbonyl (C=O) groups excluding carboxylic acids is 2. The number of amides is 1. The summed E-state index contributed by atoms with van der Waals surface area (Å²) in [6, 6.07) is 3.18. The first-order valence-corrected chi connectivity index (χ1v) is 7.76. The van der Waals surface area contributed by atoms with Gasteiger partial charge in [-0.25, -0.2) is 9.59 Å². The van der Waals surface area contributed by atoms with Gasteiger partial charge in [0.2, 0.25) is 0 Å². The molecule has 0 spiro atoms. The van der Waals surface area contributed by atoms with Crippen LogP contribution < -0.4 is 9.84 Å². The van der Waals surface area contributed by atoms with E-state index in [1.165, 1.54) is 19.2 Å². The third-order valence-electron chi connectivity index (χ3n) is 2.96. The van der Waals surface area contributed by atoms with Crippen LogP contribution in [0.5, 0.6) is 5.75 Å². The number of esters is 1. The summed E-state index contributed by atoms with van der Waals surface area (Å²) in [6.45, 7) is 5.06.